The molecule has 1 aromatic rings. The minimum absolute atomic E-state index is 0.0667. The minimum atomic E-state index is -0.241. The number of hydrogen-bond donors (Lipinski definition) is 1. The number of carbonyl (C=O) groups is 2. The van der Waals surface area contributed by atoms with E-state index in [2.05, 4.69) is 5.32 Å². The van der Waals surface area contributed by atoms with E-state index in [1.165, 1.54) is 12.8 Å². The van der Waals surface area contributed by atoms with Crippen molar-refractivity contribution in [1.29, 1.82) is 0 Å². The van der Waals surface area contributed by atoms with Crippen molar-refractivity contribution in [3.63, 3.8) is 0 Å². The third kappa shape index (κ3) is 3.66. The Labute approximate surface area is 137 Å². The molecular formula is C18H24N2O3. The highest BCUT2D eigenvalue weighted by atomic mass is 16.5. The minimum Gasteiger partial charge on any atom is -0.494 e. The van der Waals surface area contributed by atoms with Crippen LogP contribution in [0, 0.1) is 5.92 Å². The molecule has 2 fully saturated rings. The van der Waals surface area contributed by atoms with Gasteiger partial charge in [-0.25, -0.2) is 0 Å². The summed E-state index contributed by atoms with van der Waals surface area (Å²) in [5, 5.41) is 2.91. The summed E-state index contributed by atoms with van der Waals surface area (Å²) in [4.78, 5) is 26.5. The molecule has 1 aromatic carbocycles. The van der Waals surface area contributed by atoms with Gasteiger partial charge in [-0.05, 0) is 44.0 Å². The van der Waals surface area contributed by atoms with E-state index in [1.54, 1.807) is 0 Å². The maximum absolute atomic E-state index is 12.4. The van der Waals surface area contributed by atoms with Crippen LogP contribution in [0.15, 0.2) is 24.3 Å². The third-order valence-corrected chi connectivity index (χ3v) is 4.73. The molecule has 0 bridgehead atoms. The van der Waals surface area contributed by atoms with Gasteiger partial charge in [0, 0.05) is 24.7 Å². The van der Waals surface area contributed by atoms with Crippen molar-refractivity contribution in [2.45, 2.75) is 45.1 Å². The van der Waals surface area contributed by atoms with Gasteiger partial charge in [-0.2, -0.15) is 0 Å². The molecule has 5 heteroatoms. The summed E-state index contributed by atoms with van der Waals surface area (Å²) in [5.41, 5.74) is 0.741. The van der Waals surface area contributed by atoms with Gasteiger partial charge in [0.15, 0.2) is 0 Å². The number of hydrogen-bond acceptors (Lipinski definition) is 3. The fraction of sp³-hybridized carbons (Fsp3) is 0.556. The first kappa shape index (κ1) is 15.8. The highest BCUT2D eigenvalue weighted by Crippen LogP contribution is 2.30. The van der Waals surface area contributed by atoms with Crippen LogP contribution < -0.4 is 10.1 Å². The van der Waals surface area contributed by atoms with Crippen LogP contribution in [0.1, 0.15) is 39.0 Å². The molecule has 2 amide bonds. The molecule has 1 heterocycles. The first-order chi connectivity index (χ1) is 11.2. The van der Waals surface area contributed by atoms with Crippen LogP contribution in [-0.4, -0.2) is 35.9 Å². The second kappa shape index (κ2) is 7.02. The lowest BCUT2D eigenvalue weighted by atomic mass is 10.1. The van der Waals surface area contributed by atoms with E-state index in [0.29, 0.717) is 25.6 Å². The molecular weight excluding hydrogens is 292 g/mol. The molecule has 1 saturated heterocycles. The van der Waals surface area contributed by atoms with Gasteiger partial charge in [0.05, 0.1) is 12.5 Å². The summed E-state index contributed by atoms with van der Waals surface area (Å²) in [6, 6.07) is 7.68. The number of carbonyl (C=O) groups excluding carboxylic acids is 2. The summed E-state index contributed by atoms with van der Waals surface area (Å²) in [6.45, 7) is 3.11. The van der Waals surface area contributed by atoms with Gasteiger partial charge in [-0.3, -0.25) is 9.59 Å². The van der Waals surface area contributed by atoms with E-state index in [-0.39, 0.29) is 17.7 Å². The molecule has 1 N–H and O–H groups in total. The number of anilines is 1. The van der Waals surface area contributed by atoms with Crippen LogP contribution in [0.3, 0.4) is 0 Å². The van der Waals surface area contributed by atoms with Crippen molar-refractivity contribution in [2.75, 3.05) is 18.5 Å². The largest absolute Gasteiger partial charge is 0.494 e. The quantitative estimate of drug-likeness (QED) is 0.909. The molecule has 0 unspecified atom stereocenters. The number of amides is 2. The Morgan fingerprint density at radius 1 is 1.26 bits per heavy atom. The Kier molecular flexibility index (Phi) is 4.84. The second-order valence-electron chi connectivity index (χ2n) is 6.33. The number of nitrogens with zero attached hydrogens (tertiary/aromatic N) is 1. The maximum atomic E-state index is 12.4. The van der Waals surface area contributed by atoms with Gasteiger partial charge in [0.25, 0.3) is 0 Å². The SMILES string of the molecule is CCOc1ccc(NC(=O)[C@@H]2CC(=O)N(C3CCCC3)C2)cc1. The summed E-state index contributed by atoms with van der Waals surface area (Å²) < 4.78 is 5.39. The summed E-state index contributed by atoms with van der Waals surface area (Å²) in [5.74, 6) is 0.607. The zero-order chi connectivity index (χ0) is 16.2. The van der Waals surface area contributed by atoms with Crippen LogP contribution in [0.4, 0.5) is 5.69 Å². The topological polar surface area (TPSA) is 58.6 Å². The van der Waals surface area contributed by atoms with E-state index >= 15 is 0 Å². The lowest BCUT2D eigenvalue weighted by Gasteiger charge is -2.23. The average Bonchev–Trinajstić information content (AvgIpc) is 3.18. The molecule has 3 rings (SSSR count). The van der Waals surface area contributed by atoms with Crippen LogP contribution in [0.2, 0.25) is 0 Å². The molecule has 5 nitrogen and oxygen atoms in total. The first-order valence-electron chi connectivity index (χ1n) is 8.50. The molecule has 2 aliphatic rings. The Morgan fingerprint density at radius 3 is 2.61 bits per heavy atom. The van der Waals surface area contributed by atoms with E-state index in [0.717, 1.165) is 24.3 Å². The number of ether oxygens (including phenoxy) is 1. The predicted molar refractivity (Wildman–Crippen MR) is 88.3 cm³/mol. The molecule has 0 aromatic heterocycles. The fourth-order valence-corrected chi connectivity index (χ4v) is 3.52. The van der Waals surface area contributed by atoms with E-state index < -0.39 is 0 Å². The monoisotopic (exact) mass is 316 g/mol. The van der Waals surface area contributed by atoms with Crippen molar-refractivity contribution < 1.29 is 14.3 Å². The maximum Gasteiger partial charge on any atom is 0.229 e. The Morgan fingerprint density at radius 2 is 1.96 bits per heavy atom. The molecule has 1 atom stereocenters. The molecule has 124 valence electrons. The Bertz CT molecular complexity index is 564. The van der Waals surface area contributed by atoms with Crippen LogP contribution in [0.25, 0.3) is 0 Å². The highest BCUT2D eigenvalue weighted by molar-refractivity contribution is 5.97. The van der Waals surface area contributed by atoms with E-state index in [1.807, 2.05) is 36.1 Å². The van der Waals surface area contributed by atoms with Crippen LogP contribution in [0.5, 0.6) is 5.75 Å². The zero-order valence-electron chi connectivity index (χ0n) is 13.6. The summed E-state index contributed by atoms with van der Waals surface area (Å²) in [6.07, 6.45) is 4.88. The molecule has 0 radical (unpaired) electrons. The van der Waals surface area contributed by atoms with Gasteiger partial charge in [-0.1, -0.05) is 12.8 Å². The Balaban J connectivity index is 1.57. The van der Waals surface area contributed by atoms with Crippen molar-refractivity contribution in [3.8, 4) is 5.75 Å². The standard InChI is InChI=1S/C18H24N2O3/c1-2-23-16-9-7-14(8-10-16)19-18(22)13-11-17(21)20(12-13)15-5-3-4-6-15/h7-10,13,15H,2-6,11-12H2,1H3,(H,19,22)/t13-/m1/s1. The molecule has 1 aliphatic heterocycles. The first-order valence-corrected chi connectivity index (χ1v) is 8.50. The number of nitrogens with one attached hydrogen (secondary N) is 1. The molecule has 1 saturated carbocycles. The number of likely N-dealkylation sites (tertiary alicyclic amines) is 1. The third-order valence-electron chi connectivity index (χ3n) is 4.73. The Hall–Kier alpha value is -2.04. The average molecular weight is 316 g/mol. The lowest BCUT2D eigenvalue weighted by molar-refractivity contribution is -0.129. The van der Waals surface area contributed by atoms with Crippen molar-refractivity contribution in [2.24, 2.45) is 5.92 Å². The summed E-state index contributed by atoms with van der Waals surface area (Å²) in [7, 11) is 0. The normalized spacial score (nSPS) is 21.7. The smallest absolute Gasteiger partial charge is 0.229 e. The highest BCUT2D eigenvalue weighted by Gasteiger charge is 2.38. The van der Waals surface area contributed by atoms with Gasteiger partial charge in [0.1, 0.15) is 5.75 Å². The molecule has 0 spiro atoms. The van der Waals surface area contributed by atoms with Crippen molar-refractivity contribution in [1.82, 2.24) is 4.90 Å². The van der Waals surface area contributed by atoms with Gasteiger partial charge < -0.3 is 15.0 Å². The van der Waals surface area contributed by atoms with Crippen LogP contribution >= 0.6 is 0 Å². The van der Waals surface area contributed by atoms with E-state index in [9.17, 15) is 9.59 Å². The second-order valence-corrected chi connectivity index (χ2v) is 6.33. The zero-order valence-corrected chi connectivity index (χ0v) is 13.6. The van der Waals surface area contributed by atoms with E-state index in [4.69, 9.17) is 4.74 Å². The van der Waals surface area contributed by atoms with Crippen molar-refractivity contribution >= 4 is 17.5 Å². The molecule has 1 aliphatic carbocycles. The fourth-order valence-electron chi connectivity index (χ4n) is 3.52. The predicted octanol–water partition coefficient (Wildman–Crippen LogP) is 2.81. The van der Waals surface area contributed by atoms with Gasteiger partial charge in [-0.15, -0.1) is 0 Å². The summed E-state index contributed by atoms with van der Waals surface area (Å²) >= 11 is 0. The lowest BCUT2D eigenvalue weighted by Crippen LogP contribution is -2.35. The van der Waals surface area contributed by atoms with Gasteiger partial charge >= 0.3 is 0 Å². The number of benzene rings is 1. The molecule has 23 heavy (non-hydrogen) atoms. The van der Waals surface area contributed by atoms with Crippen molar-refractivity contribution in [3.05, 3.63) is 24.3 Å². The number of rotatable bonds is 5. The van der Waals surface area contributed by atoms with Crippen LogP contribution in [-0.2, 0) is 9.59 Å². The van der Waals surface area contributed by atoms with Gasteiger partial charge in [0.2, 0.25) is 11.8 Å².